The minimum Gasteiger partial charge on any atom is -0.324 e. The first-order chi connectivity index (χ1) is 9.48. The lowest BCUT2D eigenvalue weighted by molar-refractivity contribution is -0.130. The predicted octanol–water partition coefficient (Wildman–Crippen LogP) is 3.04. The number of amides is 1. The Morgan fingerprint density at radius 2 is 1.95 bits per heavy atom. The fourth-order valence-corrected chi connectivity index (χ4v) is 2.83. The minimum absolute atomic E-state index is 0.0797. The number of hydrogen-bond acceptors (Lipinski definition) is 3. The summed E-state index contributed by atoms with van der Waals surface area (Å²) in [6.07, 6.45) is 3.17. The van der Waals surface area contributed by atoms with Crippen LogP contribution in [0.3, 0.4) is 0 Å². The zero-order valence-electron chi connectivity index (χ0n) is 12.7. The van der Waals surface area contributed by atoms with Crippen LogP contribution in [-0.2, 0) is 4.79 Å². The molecule has 4 heteroatoms. The van der Waals surface area contributed by atoms with E-state index in [0.717, 1.165) is 18.5 Å². The van der Waals surface area contributed by atoms with Gasteiger partial charge in [-0.1, -0.05) is 37.3 Å². The Morgan fingerprint density at radius 3 is 2.50 bits per heavy atom. The van der Waals surface area contributed by atoms with Gasteiger partial charge >= 0.3 is 0 Å². The molecule has 0 radical (unpaired) electrons. The molecule has 110 valence electrons. The molecule has 0 spiro atoms. The van der Waals surface area contributed by atoms with E-state index in [0.29, 0.717) is 0 Å². The number of carbonyl (C=O) groups is 1. The van der Waals surface area contributed by atoms with Crippen LogP contribution in [0.1, 0.15) is 38.8 Å². The van der Waals surface area contributed by atoms with E-state index < -0.39 is 0 Å². The quantitative estimate of drug-likeness (QED) is 0.905. The SMILES string of the molecule is CCC1NC(c2ccccc2)C(=O)N1CC(C)(C)SC. The van der Waals surface area contributed by atoms with Crippen LogP contribution in [0, 0.1) is 0 Å². The predicted molar refractivity (Wildman–Crippen MR) is 85.7 cm³/mol. The molecule has 1 amide bonds. The third-order valence-electron chi connectivity index (χ3n) is 3.89. The summed E-state index contributed by atoms with van der Waals surface area (Å²) in [4.78, 5) is 14.7. The van der Waals surface area contributed by atoms with Crippen LogP contribution >= 0.6 is 11.8 Å². The van der Waals surface area contributed by atoms with Gasteiger partial charge in [-0.25, -0.2) is 0 Å². The summed E-state index contributed by atoms with van der Waals surface area (Å²) in [5.74, 6) is 0.199. The molecule has 1 N–H and O–H groups in total. The van der Waals surface area contributed by atoms with Crippen LogP contribution in [0.2, 0.25) is 0 Å². The second-order valence-corrected chi connectivity index (χ2v) is 7.38. The van der Waals surface area contributed by atoms with Crippen molar-refractivity contribution >= 4 is 17.7 Å². The van der Waals surface area contributed by atoms with E-state index in [2.05, 4.69) is 32.3 Å². The first kappa shape index (κ1) is 15.4. The summed E-state index contributed by atoms with van der Waals surface area (Å²) in [7, 11) is 0. The first-order valence-corrected chi connectivity index (χ1v) is 8.37. The van der Waals surface area contributed by atoms with E-state index in [1.165, 1.54) is 0 Å². The Bertz CT molecular complexity index is 461. The van der Waals surface area contributed by atoms with Crippen molar-refractivity contribution in [1.29, 1.82) is 0 Å². The van der Waals surface area contributed by atoms with Crippen molar-refractivity contribution in [1.82, 2.24) is 10.2 Å². The molecule has 1 aromatic rings. The van der Waals surface area contributed by atoms with Crippen molar-refractivity contribution in [2.24, 2.45) is 0 Å². The van der Waals surface area contributed by atoms with Gasteiger partial charge in [0, 0.05) is 11.3 Å². The molecule has 2 rings (SSSR count). The lowest BCUT2D eigenvalue weighted by Gasteiger charge is -2.31. The Hall–Kier alpha value is -1.00. The Balaban J connectivity index is 2.19. The molecular formula is C16H24N2OS. The zero-order chi connectivity index (χ0) is 14.8. The summed E-state index contributed by atoms with van der Waals surface area (Å²) >= 11 is 1.80. The van der Waals surface area contributed by atoms with Crippen molar-refractivity contribution in [3.05, 3.63) is 35.9 Å². The maximum absolute atomic E-state index is 12.7. The lowest BCUT2D eigenvalue weighted by atomic mass is 10.1. The Kier molecular flexibility index (Phi) is 4.76. The molecule has 20 heavy (non-hydrogen) atoms. The monoisotopic (exact) mass is 292 g/mol. The van der Waals surface area contributed by atoms with Gasteiger partial charge in [0.2, 0.25) is 5.91 Å². The van der Waals surface area contributed by atoms with Gasteiger partial charge in [-0.2, -0.15) is 11.8 Å². The molecule has 0 aromatic heterocycles. The molecule has 0 aliphatic carbocycles. The largest absolute Gasteiger partial charge is 0.324 e. The van der Waals surface area contributed by atoms with Crippen molar-refractivity contribution in [2.45, 2.75) is 44.1 Å². The lowest BCUT2D eigenvalue weighted by Crippen LogP contribution is -2.44. The third kappa shape index (κ3) is 3.18. The number of thioether (sulfide) groups is 1. The van der Waals surface area contributed by atoms with Gasteiger partial charge in [-0.3, -0.25) is 10.1 Å². The first-order valence-electron chi connectivity index (χ1n) is 7.15. The fourth-order valence-electron chi connectivity index (χ4n) is 2.56. The summed E-state index contributed by atoms with van der Waals surface area (Å²) in [6, 6.07) is 9.80. The van der Waals surface area contributed by atoms with Crippen molar-refractivity contribution in [3.8, 4) is 0 Å². The van der Waals surface area contributed by atoms with E-state index in [4.69, 9.17) is 0 Å². The van der Waals surface area contributed by atoms with Gasteiger partial charge in [0.15, 0.2) is 0 Å². The number of nitrogens with one attached hydrogen (secondary N) is 1. The van der Waals surface area contributed by atoms with E-state index in [9.17, 15) is 4.79 Å². The zero-order valence-corrected chi connectivity index (χ0v) is 13.5. The average Bonchev–Trinajstić information content (AvgIpc) is 2.76. The fraction of sp³-hybridized carbons (Fsp3) is 0.562. The molecule has 1 aliphatic heterocycles. The smallest absolute Gasteiger partial charge is 0.245 e. The molecule has 0 bridgehead atoms. The molecular weight excluding hydrogens is 268 g/mol. The summed E-state index contributed by atoms with van der Waals surface area (Å²) in [5, 5.41) is 3.47. The molecule has 2 unspecified atom stereocenters. The van der Waals surface area contributed by atoms with Gasteiger partial charge < -0.3 is 4.90 Å². The highest BCUT2D eigenvalue weighted by Crippen LogP contribution is 2.30. The number of benzene rings is 1. The summed E-state index contributed by atoms with van der Waals surface area (Å²) in [5.41, 5.74) is 1.06. The molecule has 0 saturated carbocycles. The summed E-state index contributed by atoms with van der Waals surface area (Å²) < 4.78 is 0.0797. The number of carbonyl (C=O) groups excluding carboxylic acids is 1. The Labute approximate surface area is 126 Å². The molecule has 2 atom stereocenters. The van der Waals surface area contributed by atoms with Crippen LogP contribution in [0.25, 0.3) is 0 Å². The van der Waals surface area contributed by atoms with Gasteiger partial charge in [0.05, 0.1) is 6.17 Å². The van der Waals surface area contributed by atoms with Crippen LogP contribution in [0.5, 0.6) is 0 Å². The van der Waals surface area contributed by atoms with E-state index in [1.807, 2.05) is 35.2 Å². The maximum Gasteiger partial charge on any atom is 0.245 e. The highest BCUT2D eigenvalue weighted by molar-refractivity contribution is 7.99. The molecule has 1 aromatic carbocycles. The van der Waals surface area contributed by atoms with Gasteiger partial charge in [-0.15, -0.1) is 0 Å². The molecule has 3 nitrogen and oxygen atoms in total. The second kappa shape index (κ2) is 6.19. The van der Waals surface area contributed by atoms with E-state index in [-0.39, 0.29) is 22.9 Å². The highest BCUT2D eigenvalue weighted by atomic mass is 32.2. The van der Waals surface area contributed by atoms with Crippen LogP contribution in [0.15, 0.2) is 30.3 Å². The number of hydrogen-bond donors (Lipinski definition) is 1. The minimum atomic E-state index is -0.196. The van der Waals surface area contributed by atoms with Crippen LogP contribution in [0.4, 0.5) is 0 Å². The maximum atomic E-state index is 12.7. The van der Waals surface area contributed by atoms with Gasteiger partial charge in [-0.05, 0) is 32.1 Å². The average molecular weight is 292 g/mol. The molecule has 1 heterocycles. The second-order valence-electron chi connectivity index (χ2n) is 5.86. The van der Waals surface area contributed by atoms with Crippen molar-refractivity contribution in [2.75, 3.05) is 12.8 Å². The third-order valence-corrected chi connectivity index (χ3v) is 5.12. The van der Waals surface area contributed by atoms with E-state index in [1.54, 1.807) is 11.8 Å². The van der Waals surface area contributed by atoms with E-state index >= 15 is 0 Å². The Morgan fingerprint density at radius 1 is 1.30 bits per heavy atom. The number of nitrogens with zero attached hydrogens (tertiary/aromatic N) is 1. The molecule has 1 fully saturated rings. The number of rotatable bonds is 5. The summed E-state index contributed by atoms with van der Waals surface area (Å²) in [6.45, 7) is 7.28. The topological polar surface area (TPSA) is 32.3 Å². The van der Waals surface area contributed by atoms with Crippen LogP contribution < -0.4 is 5.32 Å². The van der Waals surface area contributed by atoms with Gasteiger partial charge in [0.1, 0.15) is 6.04 Å². The standard InChI is InChI=1S/C16H24N2OS/c1-5-13-17-14(12-9-7-6-8-10-12)15(19)18(13)11-16(2,3)20-4/h6-10,13-14,17H,5,11H2,1-4H3. The normalized spacial score (nSPS) is 23.4. The van der Waals surface area contributed by atoms with Crippen molar-refractivity contribution in [3.63, 3.8) is 0 Å². The van der Waals surface area contributed by atoms with Crippen molar-refractivity contribution < 1.29 is 4.79 Å². The van der Waals surface area contributed by atoms with Gasteiger partial charge in [0.25, 0.3) is 0 Å². The van der Waals surface area contributed by atoms with Crippen LogP contribution in [-0.4, -0.2) is 34.5 Å². The highest BCUT2D eigenvalue weighted by Gasteiger charge is 2.40. The molecule has 1 aliphatic rings. The molecule has 1 saturated heterocycles.